The number of nitrogens with one attached hydrogen (secondary N) is 1. The quantitative estimate of drug-likeness (QED) is 0.797. The summed E-state index contributed by atoms with van der Waals surface area (Å²) in [5.41, 5.74) is 1.06. The fraction of sp³-hybridized carbons (Fsp3) is 0.133. The summed E-state index contributed by atoms with van der Waals surface area (Å²) in [5, 5.41) is 11.9. The number of halogens is 2. The number of carbonyl (C=O) groups excluding carboxylic acids is 1. The van der Waals surface area contributed by atoms with Crippen LogP contribution in [0.25, 0.3) is 0 Å². The topological polar surface area (TPSA) is 49.3 Å². The Bertz CT molecular complexity index is 718. The first-order valence-corrected chi connectivity index (χ1v) is 8.00. The Kier molecular flexibility index (Phi) is 5.83. The Morgan fingerprint density at radius 1 is 1.38 bits per heavy atom. The van der Waals surface area contributed by atoms with Crippen LogP contribution in [0.2, 0.25) is 5.02 Å². The largest absolute Gasteiger partial charge is 0.384 e. The summed E-state index contributed by atoms with van der Waals surface area (Å²) in [6.07, 6.45) is 0. The van der Waals surface area contributed by atoms with Crippen LogP contribution in [0, 0.1) is 11.8 Å². The normalized spacial score (nSPS) is 9.86. The molecule has 0 radical (unpaired) electrons. The van der Waals surface area contributed by atoms with Crippen LogP contribution in [0.3, 0.4) is 0 Å². The van der Waals surface area contributed by atoms with Gasteiger partial charge >= 0.3 is 0 Å². The zero-order chi connectivity index (χ0) is 15.2. The molecule has 0 aliphatic heterocycles. The highest BCUT2D eigenvalue weighted by molar-refractivity contribution is 9.11. The first-order chi connectivity index (χ1) is 10.1. The van der Waals surface area contributed by atoms with Crippen molar-refractivity contribution in [2.24, 2.45) is 0 Å². The summed E-state index contributed by atoms with van der Waals surface area (Å²) in [7, 11) is 0. The summed E-state index contributed by atoms with van der Waals surface area (Å²) in [6.45, 7) is 0.244. The SMILES string of the molecule is O=C(NCc1ccc(Br)s1)c1ccc(C#CCO)c(Cl)c1. The Balaban J connectivity index is 2.04. The third-order valence-corrected chi connectivity index (χ3v) is 4.52. The van der Waals surface area contributed by atoms with Crippen molar-refractivity contribution >= 4 is 44.8 Å². The van der Waals surface area contributed by atoms with Gasteiger partial charge in [-0.3, -0.25) is 4.79 Å². The van der Waals surface area contributed by atoms with Gasteiger partial charge in [-0.2, -0.15) is 0 Å². The van der Waals surface area contributed by atoms with Crippen molar-refractivity contribution in [2.75, 3.05) is 6.61 Å². The second kappa shape index (κ2) is 7.62. The van der Waals surface area contributed by atoms with Crippen LogP contribution in [0.5, 0.6) is 0 Å². The molecule has 0 aliphatic rings. The smallest absolute Gasteiger partial charge is 0.251 e. The van der Waals surface area contributed by atoms with Gasteiger partial charge < -0.3 is 10.4 Å². The van der Waals surface area contributed by atoms with E-state index >= 15 is 0 Å². The van der Waals surface area contributed by atoms with E-state index in [1.54, 1.807) is 29.5 Å². The number of hydrogen-bond donors (Lipinski definition) is 2. The Morgan fingerprint density at radius 3 is 2.81 bits per heavy atom. The number of thiophene rings is 1. The van der Waals surface area contributed by atoms with E-state index in [1.807, 2.05) is 12.1 Å². The summed E-state index contributed by atoms with van der Waals surface area (Å²) in [5.74, 6) is 5.05. The van der Waals surface area contributed by atoms with Gasteiger partial charge in [-0.05, 0) is 46.3 Å². The first-order valence-electron chi connectivity index (χ1n) is 6.02. The van der Waals surface area contributed by atoms with Crippen molar-refractivity contribution in [1.29, 1.82) is 0 Å². The van der Waals surface area contributed by atoms with Crippen LogP contribution in [0.1, 0.15) is 20.8 Å². The second-order valence-corrected chi connectivity index (χ2v) is 7.00. The van der Waals surface area contributed by atoms with Gasteiger partial charge in [-0.15, -0.1) is 11.3 Å². The van der Waals surface area contributed by atoms with Crippen molar-refractivity contribution < 1.29 is 9.90 Å². The van der Waals surface area contributed by atoms with E-state index in [9.17, 15) is 4.79 Å². The van der Waals surface area contributed by atoms with Gasteiger partial charge in [0.15, 0.2) is 0 Å². The molecular formula is C15H11BrClNO2S. The molecule has 2 N–H and O–H groups in total. The van der Waals surface area contributed by atoms with Gasteiger partial charge in [-0.25, -0.2) is 0 Å². The summed E-state index contributed by atoms with van der Waals surface area (Å²) in [4.78, 5) is 13.1. The number of benzene rings is 1. The fourth-order valence-corrected chi connectivity index (χ4v) is 3.26. The van der Waals surface area contributed by atoms with Gasteiger partial charge in [0, 0.05) is 16.0 Å². The molecule has 6 heteroatoms. The minimum absolute atomic E-state index is 0.192. The highest BCUT2D eigenvalue weighted by Crippen LogP contribution is 2.22. The van der Waals surface area contributed by atoms with Crippen molar-refractivity contribution in [1.82, 2.24) is 5.32 Å². The number of rotatable bonds is 3. The molecule has 0 bridgehead atoms. The summed E-state index contributed by atoms with van der Waals surface area (Å²) in [6, 6.07) is 8.80. The summed E-state index contributed by atoms with van der Waals surface area (Å²) >= 11 is 11.0. The molecule has 2 aromatic rings. The lowest BCUT2D eigenvalue weighted by molar-refractivity contribution is 0.0951. The number of hydrogen-bond acceptors (Lipinski definition) is 3. The van der Waals surface area contributed by atoms with E-state index in [4.69, 9.17) is 16.7 Å². The molecule has 0 saturated heterocycles. The van der Waals surface area contributed by atoms with E-state index in [1.165, 1.54) is 0 Å². The number of aliphatic hydroxyl groups excluding tert-OH is 1. The van der Waals surface area contributed by atoms with Gasteiger partial charge in [-0.1, -0.05) is 23.4 Å². The number of amides is 1. The Labute approximate surface area is 140 Å². The molecule has 108 valence electrons. The predicted octanol–water partition coefficient (Wildman–Crippen LogP) is 3.44. The van der Waals surface area contributed by atoms with E-state index in [0.29, 0.717) is 22.7 Å². The maximum atomic E-state index is 12.0. The van der Waals surface area contributed by atoms with Crippen molar-refractivity contribution in [3.63, 3.8) is 0 Å². The third-order valence-electron chi connectivity index (χ3n) is 2.59. The summed E-state index contributed by atoms with van der Waals surface area (Å²) < 4.78 is 1.03. The highest BCUT2D eigenvalue weighted by Gasteiger charge is 2.08. The molecule has 0 fully saturated rings. The van der Waals surface area contributed by atoms with Crippen LogP contribution < -0.4 is 5.32 Å². The maximum Gasteiger partial charge on any atom is 0.251 e. The molecule has 0 unspecified atom stereocenters. The van der Waals surface area contributed by atoms with E-state index in [-0.39, 0.29) is 12.5 Å². The monoisotopic (exact) mass is 383 g/mol. The van der Waals surface area contributed by atoms with Crippen LogP contribution >= 0.6 is 38.9 Å². The molecule has 1 heterocycles. The Hall–Kier alpha value is -1.32. The van der Waals surface area contributed by atoms with Crippen LogP contribution in [0.15, 0.2) is 34.1 Å². The van der Waals surface area contributed by atoms with E-state index in [0.717, 1.165) is 8.66 Å². The number of aliphatic hydroxyl groups is 1. The lowest BCUT2D eigenvalue weighted by atomic mass is 10.1. The molecule has 0 atom stereocenters. The molecule has 1 amide bonds. The Morgan fingerprint density at radius 2 is 2.19 bits per heavy atom. The standard InChI is InChI=1S/C15H11BrClNO2S/c16-14-6-5-12(21-14)9-18-15(20)11-4-3-10(2-1-7-19)13(17)8-11/h3-6,8,19H,7,9H2,(H,18,20). The average Bonchev–Trinajstić information content (AvgIpc) is 2.89. The van der Waals surface area contributed by atoms with Crippen LogP contribution in [-0.4, -0.2) is 17.6 Å². The van der Waals surface area contributed by atoms with Gasteiger partial charge in [0.2, 0.25) is 0 Å². The second-order valence-electron chi connectivity index (χ2n) is 4.04. The highest BCUT2D eigenvalue weighted by atomic mass is 79.9. The molecule has 0 aliphatic carbocycles. The van der Waals surface area contributed by atoms with E-state index < -0.39 is 0 Å². The fourth-order valence-electron chi connectivity index (χ4n) is 1.61. The average molecular weight is 385 g/mol. The maximum absolute atomic E-state index is 12.0. The molecular weight excluding hydrogens is 374 g/mol. The molecule has 1 aromatic carbocycles. The van der Waals surface area contributed by atoms with Gasteiger partial charge in [0.25, 0.3) is 5.91 Å². The predicted molar refractivity (Wildman–Crippen MR) is 88.6 cm³/mol. The lowest BCUT2D eigenvalue weighted by Crippen LogP contribution is -2.22. The molecule has 3 nitrogen and oxygen atoms in total. The molecule has 1 aromatic heterocycles. The van der Waals surface area contributed by atoms with Crippen LogP contribution in [0.4, 0.5) is 0 Å². The van der Waals surface area contributed by atoms with Gasteiger partial charge in [0.1, 0.15) is 6.61 Å². The zero-order valence-electron chi connectivity index (χ0n) is 10.8. The number of carbonyl (C=O) groups is 1. The first kappa shape index (κ1) is 16.1. The lowest BCUT2D eigenvalue weighted by Gasteiger charge is -2.05. The molecule has 0 spiro atoms. The molecule has 2 rings (SSSR count). The minimum atomic E-state index is -0.227. The molecule has 21 heavy (non-hydrogen) atoms. The minimum Gasteiger partial charge on any atom is -0.384 e. The van der Waals surface area contributed by atoms with Crippen molar-refractivity contribution in [3.05, 3.63) is 55.1 Å². The van der Waals surface area contributed by atoms with E-state index in [2.05, 4.69) is 33.1 Å². The van der Waals surface area contributed by atoms with Crippen molar-refractivity contribution in [2.45, 2.75) is 6.54 Å². The zero-order valence-corrected chi connectivity index (χ0v) is 14.0. The van der Waals surface area contributed by atoms with Gasteiger partial charge in [0.05, 0.1) is 15.4 Å². The van der Waals surface area contributed by atoms with Crippen LogP contribution in [-0.2, 0) is 6.54 Å². The van der Waals surface area contributed by atoms with Crippen molar-refractivity contribution in [3.8, 4) is 11.8 Å². The third kappa shape index (κ3) is 4.58. The molecule has 0 saturated carbocycles.